The first-order valence-corrected chi connectivity index (χ1v) is 6.20. The lowest BCUT2D eigenvalue weighted by Gasteiger charge is -2.09. The number of benzene rings is 2. The first kappa shape index (κ1) is 14.8. The molecule has 0 aliphatic heterocycles. The predicted molar refractivity (Wildman–Crippen MR) is 75.9 cm³/mol. The topological polar surface area (TPSA) is 44.8 Å². The van der Waals surface area contributed by atoms with Crippen LogP contribution in [0.4, 0.5) is 4.39 Å². The minimum Gasteiger partial charge on any atom is -0.497 e. The van der Waals surface area contributed by atoms with Crippen LogP contribution in [0.2, 0.25) is 0 Å². The normalized spacial score (nSPS) is 10.1. The van der Waals surface area contributed by atoms with E-state index in [4.69, 9.17) is 14.2 Å². The van der Waals surface area contributed by atoms with Gasteiger partial charge in [0.2, 0.25) is 0 Å². The van der Waals surface area contributed by atoms with Crippen LogP contribution in [0.25, 0.3) is 0 Å². The van der Waals surface area contributed by atoms with Gasteiger partial charge in [0.1, 0.15) is 11.5 Å². The van der Waals surface area contributed by atoms with Gasteiger partial charge in [0.05, 0.1) is 21.3 Å². The molecule has 0 radical (unpaired) electrons. The molecule has 21 heavy (non-hydrogen) atoms. The van der Waals surface area contributed by atoms with E-state index in [1.807, 2.05) is 0 Å². The van der Waals surface area contributed by atoms with Crippen molar-refractivity contribution in [1.29, 1.82) is 0 Å². The van der Waals surface area contributed by atoms with Crippen LogP contribution in [-0.4, -0.2) is 27.1 Å². The van der Waals surface area contributed by atoms with Crippen LogP contribution in [0, 0.1) is 5.82 Å². The van der Waals surface area contributed by atoms with Gasteiger partial charge in [-0.05, 0) is 30.3 Å². The zero-order chi connectivity index (χ0) is 15.4. The highest BCUT2D eigenvalue weighted by molar-refractivity contribution is 6.09. The summed E-state index contributed by atoms with van der Waals surface area (Å²) in [5, 5.41) is 0. The van der Waals surface area contributed by atoms with Crippen LogP contribution in [-0.2, 0) is 0 Å². The maximum Gasteiger partial charge on any atom is 0.193 e. The molecule has 110 valence electrons. The average Bonchev–Trinajstić information content (AvgIpc) is 2.54. The van der Waals surface area contributed by atoms with Crippen molar-refractivity contribution in [3.05, 3.63) is 53.3 Å². The average molecular weight is 290 g/mol. The number of ketones is 1. The van der Waals surface area contributed by atoms with E-state index in [1.165, 1.54) is 39.5 Å². The van der Waals surface area contributed by atoms with Gasteiger partial charge in [0, 0.05) is 17.2 Å². The zero-order valence-electron chi connectivity index (χ0n) is 12.0. The Morgan fingerprint density at radius 1 is 0.857 bits per heavy atom. The second-order valence-corrected chi connectivity index (χ2v) is 4.28. The summed E-state index contributed by atoms with van der Waals surface area (Å²) in [6.45, 7) is 0. The van der Waals surface area contributed by atoms with Gasteiger partial charge >= 0.3 is 0 Å². The third-order valence-electron chi connectivity index (χ3n) is 3.03. The predicted octanol–water partition coefficient (Wildman–Crippen LogP) is 3.08. The van der Waals surface area contributed by atoms with Crippen molar-refractivity contribution >= 4 is 5.78 Å². The number of hydrogen-bond acceptors (Lipinski definition) is 4. The van der Waals surface area contributed by atoms with Crippen LogP contribution in [0.15, 0.2) is 36.4 Å². The first-order chi connectivity index (χ1) is 10.1. The highest BCUT2D eigenvalue weighted by Crippen LogP contribution is 2.26. The molecule has 0 saturated carbocycles. The Morgan fingerprint density at radius 2 is 1.48 bits per heavy atom. The second-order valence-electron chi connectivity index (χ2n) is 4.28. The molecule has 0 unspecified atom stereocenters. The van der Waals surface area contributed by atoms with Crippen molar-refractivity contribution in [1.82, 2.24) is 0 Å². The zero-order valence-corrected chi connectivity index (χ0v) is 12.0. The van der Waals surface area contributed by atoms with Crippen molar-refractivity contribution < 1.29 is 23.4 Å². The molecular weight excluding hydrogens is 275 g/mol. The maximum absolute atomic E-state index is 13.4. The van der Waals surface area contributed by atoms with Crippen molar-refractivity contribution in [3.8, 4) is 17.2 Å². The van der Waals surface area contributed by atoms with Crippen LogP contribution in [0.3, 0.4) is 0 Å². The van der Waals surface area contributed by atoms with Crippen molar-refractivity contribution in [2.45, 2.75) is 0 Å². The number of rotatable bonds is 5. The number of ether oxygens (including phenoxy) is 3. The molecule has 2 aromatic rings. The van der Waals surface area contributed by atoms with E-state index >= 15 is 0 Å². The molecule has 0 fully saturated rings. The Kier molecular flexibility index (Phi) is 4.42. The summed E-state index contributed by atoms with van der Waals surface area (Å²) in [5.74, 6) is 0.247. The monoisotopic (exact) mass is 290 g/mol. The fourth-order valence-electron chi connectivity index (χ4n) is 1.91. The van der Waals surface area contributed by atoms with E-state index in [-0.39, 0.29) is 11.5 Å². The quantitative estimate of drug-likeness (QED) is 0.794. The van der Waals surface area contributed by atoms with E-state index < -0.39 is 5.82 Å². The van der Waals surface area contributed by atoms with Gasteiger partial charge in [-0.2, -0.15) is 0 Å². The molecule has 0 aliphatic carbocycles. The van der Waals surface area contributed by atoms with Gasteiger partial charge < -0.3 is 14.2 Å². The summed E-state index contributed by atoms with van der Waals surface area (Å²) in [7, 11) is 4.36. The van der Waals surface area contributed by atoms with Gasteiger partial charge in [-0.3, -0.25) is 4.79 Å². The third-order valence-corrected chi connectivity index (χ3v) is 3.03. The Balaban J connectivity index is 2.44. The lowest BCUT2D eigenvalue weighted by Crippen LogP contribution is -2.03. The van der Waals surface area contributed by atoms with Crippen molar-refractivity contribution in [2.24, 2.45) is 0 Å². The highest BCUT2D eigenvalue weighted by Gasteiger charge is 2.14. The molecule has 4 nitrogen and oxygen atoms in total. The van der Waals surface area contributed by atoms with Crippen LogP contribution < -0.4 is 14.2 Å². The molecule has 0 atom stereocenters. The molecule has 5 heteroatoms. The lowest BCUT2D eigenvalue weighted by molar-refractivity contribution is 0.103. The molecule has 0 saturated heterocycles. The Labute approximate surface area is 122 Å². The van der Waals surface area contributed by atoms with Gasteiger partial charge in [0.15, 0.2) is 17.3 Å². The summed E-state index contributed by atoms with van der Waals surface area (Å²) < 4.78 is 28.5. The summed E-state index contributed by atoms with van der Waals surface area (Å²) in [5.41, 5.74) is 0.711. The summed E-state index contributed by atoms with van der Waals surface area (Å²) >= 11 is 0. The van der Waals surface area contributed by atoms with Crippen molar-refractivity contribution in [2.75, 3.05) is 21.3 Å². The second kappa shape index (κ2) is 6.26. The number of carbonyl (C=O) groups excluding carboxylic acids is 1. The molecule has 0 aromatic heterocycles. The van der Waals surface area contributed by atoms with Gasteiger partial charge in [-0.1, -0.05) is 0 Å². The number of hydrogen-bond donors (Lipinski definition) is 0. The lowest BCUT2D eigenvalue weighted by atomic mass is 10.0. The van der Waals surface area contributed by atoms with Gasteiger partial charge in [-0.25, -0.2) is 4.39 Å². The maximum atomic E-state index is 13.4. The minimum atomic E-state index is -0.516. The molecule has 0 heterocycles. The van der Waals surface area contributed by atoms with E-state index in [1.54, 1.807) is 18.2 Å². The molecule has 0 spiro atoms. The number of halogens is 1. The third kappa shape index (κ3) is 3.13. The Hall–Kier alpha value is -2.56. The van der Waals surface area contributed by atoms with Crippen molar-refractivity contribution in [3.63, 3.8) is 0 Å². The molecule has 0 aliphatic rings. The molecule has 0 amide bonds. The number of carbonyl (C=O) groups is 1. The summed E-state index contributed by atoms with van der Waals surface area (Å²) in [6.07, 6.45) is 0. The van der Waals surface area contributed by atoms with E-state index in [0.29, 0.717) is 22.6 Å². The van der Waals surface area contributed by atoms with E-state index in [9.17, 15) is 9.18 Å². The molecule has 2 rings (SSSR count). The molecule has 0 bridgehead atoms. The van der Waals surface area contributed by atoms with Gasteiger partial charge in [-0.15, -0.1) is 0 Å². The minimum absolute atomic E-state index is 0.0238. The number of methoxy groups -OCH3 is 3. The SMILES string of the molecule is COc1cc(OC)cc(C(=O)c2ccc(F)c(OC)c2)c1. The largest absolute Gasteiger partial charge is 0.497 e. The molecule has 0 N–H and O–H groups in total. The Bertz CT molecular complexity index is 645. The van der Waals surface area contributed by atoms with Gasteiger partial charge in [0.25, 0.3) is 0 Å². The van der Waals surface area contributed by atoms with Crippen LogP contribution in [0.5, 0.6) is 17.2 Å². The van der Waals surface area contributed by atoms with E-state index in [2.05, 4.69) is 0 Å². The smallest absolute Gasteiger partial charge is 0.193 e. The summed E-state index contributed by atoms with van der Waals surface area (Å²) in [6, 6.07) is 8.84. The van der Waals surface area contributed by atoms with E-state index in [0.717, 1.165) is 0 Å². The molecular formula is C16H15FO4. The fraction of sp³-hybridized carbons (Fsp3) is 0.188. The first-order valence-electron chi connectivity index (χ1n) is 6.20. The van der Waals surface area contributed by atoms with Crippen LogP contribution >= 0.6 is 0 Å². The molecule has 2 aromatic carbocycles. The fourth-order valence-corrected chi connectivity index (χ4v) is 1.91. The Morgan fingerprint density at radius 3 is 2.00 bits per heavy atom. The van der Waals surface area contributed by atoms with Crippen LogP contribution in [0.1, 0.15) is 15.9 Å². The highest BCUT2D eigenvalue weighted by atomic mass is 19.1. The summed E-state index contributed by atoms with van der Waals surface area (Å²) in [4.78, 5) is 12.5. The standard InChI is InChI=1S/C16H15FO4/c1-19-12-6-11(7-13(9-12)20-2)16(18)10-4-5-14(17)15(8-10)21-3/h4-9H,1-3H3.